The molecule has 2 saturated carbocycles. The van der Waals surface area contributed by atoms with Gasteiger partial charge in [0.05, 0.1) is 5.92 Å². The standard InChI is InChI=1S/C15H24N2O3/c18-14(19)12-2-1-7-17(9-12)15(20)16-8-13(10-3-4-10)11-5-6-11/h10-13H,1-9H2,(H,16,20)(H,18,19)/t12-/m0/s1. The van der Waals surface area contributed by atoms with Crippen LogP contribution < -0.4 is 5.32 Å². The molecular formula is C15H24N2O3. The Balaban J connectivity index is 1.47. The second kappa shape index (κ2) is 5.62. The van der Waals surface area contributed by atoms with Gasteiger partial charge in [-0.15, -0.1) is 0 Å². The lowest BCUT2D eigenvalue weighted by molar-refractivity contribution is -0.143. The first kappa shape index (κ1) is 13.7. The summed E-state index contributed by atoms with van der Waals surface area (Å²) in [5.74, 6) is 1.15. The highest BCUT2D eigenvalue weighted by Gasteiger charge is 2.41. The molecule has 3 rings (SSSR count). The number of nitrogens with zero attached hydrogens (tertiary/aromatic N) is 1. The summed E-state index contributed by atoms with van der Waals surface area (Å²) in [6, 6.07) is -0.0674. The first-order valence-electron chi connectivity index (χ1n) is 7.90. The number of rotatable bonds is 5. The fourth-order valence-electron chi connectivity index (χ4n) is 3.45. The van der Waals surface area contributed by atoms with E-state index in [0.717, 1.165) is 24.8 Å². The van der Waals surface area contributed by atoms with E-state index in [1.54, 1.807) is 4.90 Å². The molecule has 1 saturated heterocycles. The Morgan fingerprint density at radius 3 is 2.35 bits per heavy atom. The number of urea groups is 1. The number of carboxylic acids is 1. The Bertz CT molecular complexity index is 379. The number of carbonyl (C=O) groups is 2. The van der Waals surface area contributed by atoms with Crippen LogP contribution >= 0.6 is 0 Å². The Morgan fingerprint density at radius 1 is 1.15 bits per heavy atom. The molecule has 0 aromatic carbocycles. The van der Waals surface area contributed by atoms with Gasteiger partial charge in [0, 0.05) is 19.6 Å². The molecule has 0 unspecified atom stereocenters. The lowest BCUT2D eigenvalue weighted by Gasteiger charge is -2.31. The SMILES string of the molecule is O=C(O)[C@H]1CCCN(C(=O)NCC(C2CC2)C2CC2)C1. The number of nitrogens with one attached hydrogen (secondary N) is 1. The molecule has 1 atom stereocenters. The van der Waals surface area contributed by atoms with E-state index in [0.29, 0.717) is 25.4 Å². The Kier molecular flexibility index (Phi) is 3.85. The van der Waals surface area contributed by atoms with Gasteiger partial charge in [-0.2, -0.15) is 0 Å². The van der Waals surface area contributed by atoms with Crippen molar-refractivity contribution in [3.63, 3.8) is 0 Å². The number of carbonyl (C=O) groups excluding carboxylic acids is 1. The van der Waals surface area contributed by atoms with Gasteiger partial charge in [-0.05, 0) is 56.3 Å². The number of hydrogen-bond acceptors (Lipinski definition) is 2. The minimum Gasteiger partial charge on any atom is -0.481 e. The first-order valence-corrected chi connectivity index (χ1v) is 7.90. The van der Waals surface area contributed by atoms with Gasteiger partial charge in [0.25, 0.3) is 0 Å². The molecule has 5 heteroatoms. The van der Waals surface area contributed by atoms with Crippen molar-refractivity contribution in [2.24, 2.45) is 23.7 Å². The van der Waals surface area contributed by atoms with Gasteiger partial charge in [0.2, 0.25) is 0 Å². The van der Waals surface area contributed by atoms with Crippen LogP contribution in [0.2, 0.25) is 0 Å². The Labute approximate surface area is 119 Å². The van der Waals surface area contributed by atoms with Crippen molar-refractivity contribution in [2.45, 2.75) is 38.5 Å². The maximum absolute atomic E-state index is 12.2. The van der Waals surface area contributed by atoms with Crippen molar-refractivity contribution >= 4 is 12.0 Å². The molecular weight excluding hydrogens is 256 g/mol. The van der Waals surface area contributed by atoms with Crippen molar-refractivity contribution in [1.82, 2.24) is 10.2 Å². The number of hydrogen-bond donors (Lipinski definition) is 2. The number of aliphatic carboxylic acids is 1. The highest BCUT2D eigenvalue weighted by atomic mass is 16.4. The van der Waals surface area contributed by atoms with E-state index in [2.05, 4.69) is 5.32 Å². The van der Waals surface area contributed by atoms with E-state index in [9.17, 15) is 9.59 Å². The van der Waals surface area contributed by atoms with Crippen LogP contribution in [0.3, 0.4) is 0 Å². The van der Waals surface area contributed by atoms with Gasteiger partial charge >= 0.3 is 12.0 Å². The maximum atomic E-state index is 12.2. The van der Waals surface area contributed by atoms with Crippen molar-refractivity contribution in [1.29, 1.82) is 0 Å². The van der Waals surface area contributed by atoms with E-state index in [-0.39, 0.29) is 6.03 Å². The average Bonchev–Trinajstić information content (AvgIpc) is 3.32. The van der Waals surface area contributed by atoms with E-state index >= 15 is 0 Å². The van der Waals surface area contributed by atoms with Gasteiger partial charge in [0.15, 0.2) is 0 Å². The van der Waals surface area contributed by atoms with Crippen LogP contribution in [0.5, 0.6) is 0 Å². The maximum Gasteiger partial charge on any atom is 0.317 e. The highest BCUT2D eigenvalue weighted by molar-refractivity contribution is 5.76. The van der Waals surface area contributed by atoms with Crippen LogP contribution in [-0.2, 0) is 4.79 Å². The number of piperidine rings is 1. The summed E-state index contributed by atoms with van der Waals surface area (Å²) in [6.07, 6.45) is 6.76. The van der Waals surface area contributed by atoms with Crippen LogP contribution in [0.15, 0.2) is 0 Å². The molecule has 2 N–H and O–H groups in total. The number of amides is 2. The van der Waals surface area contributed by atoms with Gasteiger partial charge in [-0.3, -0.25) is 4.79 Å². The second-order valence-corrected chi connectivity index (χ2v) is 6.65. The zero-order valence-corrected chi connectivity index (χ0v) is 11.9. The summed E-state index contributed by atoms with van der Waals surface area (Å²) in [7, 11) is 0. The van der Waals surface area contributed by atoms with Crippen molar-refractivity contribution < 1.29 is 14.7 Å². The molecule has 3 aliphatic rings. The Hall–Kier alpha value is -1.26. The molecule has 0 bridgehead atoms. The molecule has 2 aliphatic carbocycles. The second-order valence-electron chi connectivity index (χ2n) is 6.65. The summed E-state index contributed by atoms with van der Waals surface area (Å²) < 4.78 is 0. The normalized spacial score (nSPS) is 26.6. The summed E-state index contributed by atoms with van der Waals surface area (Å²) in [5, 5.41) is 12.1. The molecule has 2 amide bonds. The topological polar surface area (TPSA) is 69.6 Å². The summed E-state index contributed by atoms with van der Waals surface area (Å²) >= 11 is 0. The molecule has 1 aliphatic heterocycles. The highest BCUT2D eigenvalue weighted by Crippen LogP contribution is 2.48. The van der Waals surface area contributed by atoms with Crippen molar-refractivity contribution in [3.05, 3.63) is 0 Å². The van der Waals surface area contributed by atoms with Gasteiger partial charge in [-0.1, -0.05) is 0 Å². The lowest BCUT2D eigenvalue weighted by Crippen LogP contribution is -2.48. The number of likely N-dealkylation sites (tertiary alicyclic amines) is 1. The third-order valence-corrected chi connectivity index (χ3v) is 5.00. The third-order valence-electron chi connectivity index (χ3n) is 5.00. The minimum atomic E-state index is -0.781. The summed E-state index contributed by atoms with van der Waals surface area (Å²) in [4.78, 5) is 24.9. The van der Waals surface area contributed by atoms with Crippen molar-refractivity contribution in [2.75, 3.05) is 19.6 Å². The van der Waals surface area contributed by atoms with Crippen molar-refractivity contribution in [3.8, 4) is 0 Å². The van der Waals surface area contributed by atoms with Gasteiger partial charge in [-0.25, -0.2) is 4.79 Å². The predicted octanol–water partition coefficient (Wildman–Crippen LogP) is 1.93. The van der Waals surface area contributed by atoms with E-state index in [1.807, 2.05) is 0 Å². The average molecular weight is 280 g/mol. The first-order chi connectivity index (χ1) is 9.65. The van der Waals surface area contributed by atoms with Crippen LogP contribution in [0.25, 0.3) is 0 Å². The summed E-state index contributed by atoms with van der Waals surface area (Å²) in [5.41, 5.74) is 0. The lowest BCUT2D eigenvalue weighted by atomic mass is 9.97. The molecule has 0 aromatic rings. The van der Waals surface area contributed by atoms with E-state index in [4.69, 9.17) is 5.11 Å². The quantitative estimate of drug-likeness (QED) is 0.808. The molecule has 0 radical (unpaired) electrons. The predicted molar refractivity (Wildman–Crippen MR) is 74.3 cm³/mol. The molecule has 0 aromatic heterocycles. The van der Waals surface area contributed by atoms with E-state index < -0.39 is 11.9 Å². The molecule has 112 valence electrons. The van der Waals surface area contributed by atoms with Gasteiger partial charge < -0.3 is 15.3 Å². The van der Waals surface area contributed by atoms with Crippen LogP contribution in [-0.4, -0.2) is 41.6 Å². The third kappa shape index (κ3) is 3.25. The summed E-state index contributed by atoms with van der Waals surface area (Å²) in [6.45, 7) is 1.83. The molecule has 1 heterocycles. The number of carboxylic acid groups (broad SMARTS) is 1. The Morgan fingerprint density at radius 2 is 1.80 bits per heavy atom. The van der Waals surface area contributed by atoms with E-state index in [1.165, 1.54) is 25.7 Å². The van der Waals surface area contributed by atoms with Crippen LogP contribution in [0, 0.1) is 23.7 Å². The molecule has 20 heavy (non-hydrogen) atoms. The molecule has 0 spiro atoms. The minimum absolute atomic E-state index is 0.0674. The van der Waals surface area contributed by atoms with Gasteiger partial charge in [0.1, 0.15) is 0 Å². The monoisotopic (exact) mass is 280 g/mol. The molecule has 5 nitrogen and oxygen atoms in total. The largest absolute Gasteiger partial charge is 0.481 e. The fraction of sp³-hybridized carbons (Fsp3) is 0.867. The smallest absolute Gasteiger partial charge is 0.317 e. The zero-order valence-electron chi connectivity index (χ0n) is 11.9. The zero-order chi connectivity index (χ0) is 14.1. The van der Waals surface area contributed by atoms with Crippen LogP contribution in [0.4, 0.5) is 4.79 Å². The fourth-order valence-corrected chi connectivity index (χ4v) is 3.45. The van der Waals surface area contributed by atoms with Crippen LogP contribution in [0.1, 0.15) is 38.5 Å². The molecule has 3 fully saturated rings.